The largest absolute Gasteiger partial charge is 0.456 e. The average Bonchev–Trinajstić information content (AvgIpc) is 1.66. The van der Waals surface area contributed by atoms with Crippen LogP contribution in [0.1, 0.15) is 0 Å². The predicted octanol–water partition coefficient (Wildman–Crippen LogP) is 35.1. The van der Waals surface area contributed by atoms with E-state index in [9.17, 15) is 0 Å². The summed E-state index contributed by atoms with van der Waals surface area (Å²) in [6.07, 6.45) is 0. The first-order valence-corrected chi connectivity index (χ1v) is 48.4. The summed E-state index contributed by atoms with van der Waals surface area (Å²) in [5.74, 6) is 0. The summed E-state index contributed by atoms with van der Waals surface area (Å²) < 4.78 is 49.0. The number of nitrogens with zero attached hydrogens (tertiary/aromatic N) is 11. The van der Waals surface area contributed by atoms with Gasteiger partial charge in [-0.05, 0) is 179 Å². The summed E-state index contributed by atoms with van der Waals surface area (Å²) in [7, 11) is 0. The molecular weight excluding hydrogens is 1900 g/mol. The second-order valence-corrected chi connectivity index (χ2v) is 37.5. The predicted molar refractivity (Wildman–Crippen MR) is 573 cm³/mol. The number of benzene rings is 16. The maximum atomic E-state index is 6.31. The molecule has 16 aromatic carbocycles. The highest BCUT2D eigenvalue weighted by Crippen LogP contribution is 2.49. The van der Waals surface area contributed by atoms with Gasteiger partial charge in [0, 0.05) is 133 Å². The Bertz CT molecular complexity index is 10100. The zero-order chi connectivity index (χ0) is 93.8. The molecule has 0 spiro atoms. The van der Waals surface area contributed by atoms with Crippen molar-refractivity contribution in [2.75, 3.05) is 0 Å². The zero-order valence-corrected chi connectivity index (χ0v) is 78.5. The van der Waals surface area contributed by atoms with Gasteiger partial charge in [-0.1, -0.05) is 243 Å². The van der Waals surface area contributed by atoms with Crippen molar-refractivity contribution in [1.82, 2.24) is 54.4 Å². The van der Waals surface area contributed by atoms with Crippen molar-refractivity contribution < 1.29 is 30.9 Å². The molecule has 0 N–H and O–H groups in total. The first kappa shape index (κ1) is 83.6. The average molecular weight is 1960 g/mol. The number of para-hydroxylation sites is 10. The lowest BCUT2D eigenvalue weighted by atomic mass is 10.0. The van der Waals surface area contributed by atoms with Crippen molar-refractivity contribution >= 4 is 297 Å². The number of rotatable bonds is 6. The van der Waals surface area contributed by atoms with Gasteiger partial charge < -0.3 is 35.5 Å². The van der Waals surface area contributed by atoms with Crippen LogP contribution in [0.2, 0.25) is 26.4 Å². The molecule has 668 valence electrons. The number of hydrogen-bond acceptors (Lipinski definition) is 19. The third kappa shape index (κ3) is 14.3. The molecule has 0 aliphatic heterocycles. The van der Waals surface area contributed by atoms with Crippen molar-refractivity contribution in [2.45, 2.75) is 0 Å². The van der Waals surface area contributed by atoms with E-state index in [4.69, 9.17) is 88.9 Å². The van der Waals surface area contributed by atoms with E-state index < -0.39 is 0 Å². The first-order chi connectivity index (χ1) is 69.4. The Kier molecular flexibility index (Phi) is 20.1. The maximum Gasteiger partial charge on any atom is 0.232 e. The van der Waals surface area contributed by atoms with Gasteiger partial charge in [0.2, 0.25) is 55.0 Å². The minimum Gasteiger partial charge on any atom is -0.456 e. The van der Waals surface area contributed by atoms with Gasteiger partial charge in [-0.15, -0.1) is 22.7 Å². The van der Waals surface area contributed by atoms with E-state index in [2.05, 4.69) is 230 Å². The quantitative estimate of drug-likeness (QED) is 0.141. The molecular formula is C116H60Cl5N11O7S2. The Morgan fingerprint density at radius 3 is 1.01 bits per heavy atom. The van der Waals surface area contributed by atoms with E-state index >= 15 is 0 Å². The van der Waals surface area contributed by atoms with Crippen LogP contribution >= 0.6 is 80.7 Å². The molecule has 18 nitrogen and oxygen atoms in total. The van der Waals surface area contributed by atoms with Crippen LogP contribution in [-0.2, 0) is 0 Å². The highest BCUT2D eigenvalue weighted by Gasteiger charge is 2.27. The molecule has 25 heteroatoms. The first-order valence-electron chi connectivity index (χ1n) is 44.9. The number of fused-ring (bicyclic) bond motifs is 30. The van der Waals surface area contributed by atoms with Gasteiger partial charge in [0.15, 0.2) is 0 Å². The molecule has 31 rings (SSSR count). The van der Waals surface area contributed by atoms with E-state index in [0.717, 1.165) is 198 Å². The molecule has 31 aromatic rings. The summed E-state index contributed by atoms with van der Waals surface area (Å²) >= 11 is 34.8. The zero-order valence-electron chi connectivity index (χ0n) is 73.1. The molecule has 0 unspecified atom stereocenters. The fourth-order valence-electron chi connectivity index (χ4n) is 19.6. The smallest absolute Gasteiger partial charge is 0.232 e. The van der Waals surface area contributed by atoms with E-state index in [1.807, 2.05) is 188 Å². The van der Waals surface area contributed by atoms with Crippen LogP contribution in [0.5, 0.6) is 0 Å². The molecule has 141 heavy (non-hydrogen) atoms. The van der Waals surface area contributed by atoms with Gasteiger partial charge in [-0.2, -0.15) is 24.9 Å². The number of halogens is 5. The Labute approximate surface area is 828 Å². The topological polar surface area (TPSA) is 226 Å². The second-order valence-electron chi connectivity index (χ2n) is 33.7. The Balaban J connectivity index is 0.0000000885. The Hall–Kier alpha value is -16.8. The van der Waals surface area contributed by atoms with Crippen LogP contribution in [0.25, 0.3) is 278 Å². The standard InChI is InChI=1S/C28H16ClN3O.2C22H11ClN2O2.2C22H11ClN2OS/c29-28-30-26(25-20-11-5-7-13-24(20)33-27(25)31-28)17-14-15-23-21(16-17)19-10-4-6-12-22(19)32(23)18-8-2-1-3-9-18;23-22-24-19(18-14-7-2-4-11-17(14)27-21(18)25-22)15-9-5-8-13-12-6-1-3-10-16(12)26-20(13)15;23-22-24-20(19-14-6-2-4-8-17(14)27-21(19)25-22)12-9-10-18-15(11-12)13-5-1-3-7-16(13)26-18;23-22-24-19(18-14-7-1-3-10-16(14)26-21(18)25-22)15-9-5-8-13-12-6-2-4-11-17(12)27-20(13)15;23-22-24-20(19-14-6-1-3-7-16(14)26-21(19)25-22)12-9-10-18-15(11-12)13-5-2-4-8-17(13)27-18/h1-16H;4*1-11H. The molecule has 15 aromatic heterocycles. The van der Waals surface area contributed by atoms with Crippen LogP contribution < -0.4 is 0 Å². The fraction of sp³-hybridized carbons (Fsp3) is 0. The normalized spacial score (nSPS) is 11.9. The van der Waals surface area contributed by atoms with Gasteiger partial charge in [-0.3, -0.25) is 0 Å². The van der Waals surface area contributed by atoms with Crippen molar-refractivity contribution in [3.63, 3.8) is 0 Å². The van der Waals surface area contributed by atoms with Gasteiger partial charge in [0.05, 0.1) is 66.4 Å². The Morgan fingerprint density at radius 1 is 0.199 bits per heavy atom. The molecule has 0 bridgehead atoms. The highest BCUT2D eigenvalue weighted by molar-refractivity contribution is 7.26. The third-order valence-corrected chi connectivity index (χ3v) is 28.9. The van der Waals surface area contributed by atoms with Gasteiger partial charge >= 0.3 is 0 Å². The summed E-state index contributed by atoms with van der Waals surface area (Å²) in [6.45, 7) is 0. The summed E-state index contributed by atoms with van der Waals surface area (Å²) in [5, 5.41) is 21.6. The van der Waals surface area contributed by atoms with Crippen molar-refractivity contribution in [1.29, 1.82) is 0 Å². The van der Waals surface area contributed by atoms with Crippen LogP contribution in [0.15, 0.2) is 395 Å². The molecule has 15 heterocycles. The minimum absolute atomic E-state index is 0.143. The number of aromatic nitrogens is 11. The monoisotopic (exact) mass is 1960 g/mol. The van der Waals surface area contributed by atoms with E-state index in [1.54, 1.807) is 22.7 Å². The minimum atomic E-state index is 0.143. The molecule has 0 saturated carbocycles. The molecule has 0 amide bonds. The van der Waals surface area contributed by atoms with Crippen LogP contribution in [0, 0.1) is 0 Å². The number of thiophene rings is 2. The van der Waals surface area contributed by atoms with E-state index in [-0.39, 0.29) is 26.4 Å². The molecule has 0 radical (unpaired) electrons. The van der Waals surface area contributed by atoms with Crippen LogP contribution in [0.3, 0.4) is 0 Å². The Morgan fingerprint density at radius 2 is 0.518 bits per heavy atom. The maximum absolute atomic E-state index is 6.31. The summed E-state index contributed by atoms with van der Waals surface area (Å²) in [4.78, 5) is 44.4. The van der Waals surface area contributed by atoms with Crippen LogP contribution in [0.4, 0.5) is 0 Å². The van der Waals surface area contributed by atoms with Crippen LogP contribution in [-0.4, -0.2) is 54.4 Å². The van der Waals surface area contributed by atoms with Crippen molar-refractivity contribution in [3.05, 3.63) is 390 Å². The molecule has 0 saturated heterocycles. The number of furan rings is 7. The fourth-order valence-corrected chi connectivity index (χ4v) is 22.7. The van der Waals surface area contributed by atoms with Crippen molar-refractivity contribution in [2.24, 2.45) is 0 Å². The van der Waals surface area contributed by atoms with Gasteiger partial charge in [0.1, 0.15) is 50.2 Å². The lowest BCUT2D eigenvalue weighted by Gasteiger charge is -2.08. The highest BCUT2D eigenvalue weighted by atomic mass is 35.5. The number of hydrogen-bond donors (Lipinski definition) is 0. The van der Waals surface area contributed by atoms with Crippen molar-refractivity contribution in [3.8, 4) is 62.0 Å². The van der Waals surface area contributed by atoms with Gasteiger partial charge in [0.25, 0.3) is 0 Å². The summed E-state index contributed by atoms with van der Waals surface area (Å²) in [6, 6.07) is 122. The second kappa shape index (κ2) is 33.8. The van der Waals surface area contributed by atoms with E-state index in [0.29, 0.717) is 34.3 Å². The lowest BCUT2D eigenvalue weighted by Crippen LogP contribution is -1.93. The van der Waals surface area contributed by atoms with Gasteiger partial charge in [-0.25, -0.2) is 24.9 Å². The molecule has 0 atom stereocenters. The molecule has 0 aliphatic rings. The SMILES string of the molecule is Clc1nc(-c2ccc3c(c2)c2ccccc2n3-c2ccccc2)c2c(n1)oc1ccccc12.Clc1nc(-c2ccc3oc4ccccc4c3c2)c2c(n1)oc1ccccc12.Clc1nc(-c2ccc3sc4ccccc4c3c2)c2c(n1)oc1ccccc12.Clc1nc(-c2cccc3c2oc2ccccc23)c2c(n1)oc1ccccc12.Clc1nc(-c2cccc3c2sc2ccccc23)c2c(n1)oc1ccccc12. The summed E-state index contributed by atoms with van der Waals surface area (Å²) in [5.41, 5.74) is 21.8. The van der Waals surface area contributed by atoms with E-state index in [1.165, 1.54) is 45.7 Å². The molecule has 0 aliphatic carbocycles. The third-order valence-electron chi connectivity index (χ3n) is 25.6. The molecule has 0 fully saturated rings. The lowest BCUT2D eigenvalue weighted by molar-refractivity contribution is 0.652.